The third-order valence-electron chi connectivity index (χ3n) is 13.7. The molecule has 1 aliphatic carbocycles. The molecule has 5 heterocycles. The Hall–Kier alpha value is -7.62. The molecule has 1 aliphatic rings. The minimum atomic E-state index is 0.181. The number of hydrogen-bond donors (Lipinski definition) is 0. The van der Waals surface area contributed by atoms with Gasteiger partial charge in [0.15, 0.2) is 0 Å². The molecule has 0 saturated carbocycles. The largest absolute Gasteiger partial charge is 0.309 e. The molecule has 0 radical (unpaired) electrons. The third kappa shape index (κ3) is 3.34. The molecule has 15 rings (SSSR count). The van der Waals surface area contributed by atoms with Crippen LogP contribution in [0.1, 0.15) is 22.6 Å². The van der Waals surface area contributed by atoms with Crippen molar-refractivity contribution >= 4 is 98.0 Å². The second-order valence-electron chi connectivity index (χ2n) is 16.4. The van der Waals surface area contributed by atoms with E-state index in [2.05, 4.69) is 195 Å². The van der Waals surface area contributed by atoms with Gasteiger partial charge in [0.25, 0.3) is 0 Å². The van der Waals surface area contributed by atoms with Crippen LogP contribution in [0.15, 0.2) is 182 Å². The fraction of sp³-hybridized carbons (Fsp3) is 0.0182. The smallest absolute Gasteiger partial charge is 0.0634 e. The van der Waals surface area contributed by atoms with E-state index in [0.29, 0.717) is 0 Å². The zero-order valence-corrected chi connectivity index (χ0v) is 31.2. The fourth-order valence-electron chi connectivity index (χ4n) is 11.6. The summed E-state index contributed by atoms with van der Waals surface area (Å²) < 4.78 is 7.60. The number of hydrogen-bond acceptors (Lipinski definition) is 0. The van der Waals surface area contributed by atoms with Crippen LogP contribution < -0.4 is 0 Å². The van der Waals surface area contributed by atoms with Crippen molar-refractivity contribution in [2.24, 2.45) is 0 Å². The molecule has 9 aromatic carbocycles. The van der Waals surface area contributed by atoms with E-state index in [9.17, 15) is 0 Å². The summed E-state index contributed by atoms with van der Waals surface area (Å²) in [5, 5.41) is 13.2. The lowest BCUT2D eigenvalue weighted by Gasteiger charge is -2.15. The molecule has 0 fully saturated rings. The molecule has 0 atom stereocenters. The van der Waals surface area contributed by atoms with Gasteiger partial charge in [-0.1, -0.05) is 127 Å². The van der Waals surface area contributed by atoms with Crippen LogP contribution in [0.2, 0.25) is 0 Å². The zero-order chi connectivity index (χ0) is 37.4. The molecule has 0 N–H and O–H groups in total. The Balaban J connectivity index is 1.13. The summed E-state index contributed by atoms with van der Waals surface area (Å²) in [7, 11) is 0. The first-order chi connectivity index (χ1) is 28.8. The minimum absolute atomic E-state index is 0.181. The molecule has 3 heteroatoms. The maximum Gasteiger partial charge on any atom is 0.0634 e. The first-order valence-corrected chi connectivity index (χ1v) is 20.3. The molecule has 58 heavy (non-hydrogen) atoms. The average molecular weight is 734 g/mol. The normalized spacial score (nSPS) is 13.4. The van der Waals surface area contributed by atoms with Crippen molar-refractivity contribution in [1.82, 2.24) is 13.4 Å². The summed E-state index contributed by atoms with van der Waals surface area (Å²) in [6.07, 6.45) is 0. The molecule has 3 nitrogen and oxygen atoms in total. The number of aromatic nitrogens is 3. The zero-order valence-electron chi connectivity index (χ0n) is 31.2. The summed E-state index contributed by atoms with van der Waals surface area (Å²) in [6, 6.07) is 68.3. The maximum atomic E-state index is 2.58. The number of nitrogens with zero attached hydrogens (tertiary/aromatic N) is 3. The Morgan fingerprint density at radius 2 is 0.724 bits per heavy atom. The van der Waals surface area contributed by atoms with E-state index in [1.165, 1.54) is 132 Å². The van der Waals surface area contributed by atoms with Gasteiger partial charge in [-0.2, -0.15) is 0 Å². The Morgan fingerprint density at radius 1 is 0.310 bits per heavy atom. The molecule has 266 valence electrons. The van der Waals surface area contributed by atoms with Crippen LogP contribution in [0.5, 0.6) is 0 Å². The highest BCUT2D eigenvalue weighted by Crippen LogP contribution is 2.54. The fourth-order valence-corrected chi connectivity index (χ4v) is 11.6. The quantitative estimate of drug-likeness (QED) is 0.168. The molecule has 0 aliphatic heterocycles. The first-order valence-electron chi connectivity index (χ1n) is 20.3. The van der Waals surface area contributed by atoms with Gasteiger partial charge in [-0.3, -0.25) is 0 Å². The van der Waals surface area contributed by atoms with Crippen LogP contribution in [0.25, 0.3) is 115 Å². The summed E-state index contributed by atoms with van der Waals surface area (Å²) >= 11 is 0. The van der Waals surface area contributed by atoms with Gasteiger partial charge >= 0.3 is 0 Å². The second kappa shape index (κ2) is 10.2. The molecule has 5 aromatic heterocycles. The Labute approximate surface area is 331 Å². The van der Waals surface area contributed by atoms with Crippen LogP contribution in [0, 0.1) is 0 Å². The van der Waals surface area contributed by atoms with Crippen molar-refractivity contribution < 1.29 is 0 Å². The number of fused-ring (bicyclic) bond motifs is 20. The Kier molecular flexibility index (Phi) is 5.22. The van der Waals surface area contributed by atoms with Crippen molar-refractivity contribution in [2.45, 2.75) is 5.92 Å². The lowest BCUT2D eigenvalue weighted by atomic mass is 9.88. The van der Waals surface area contributed by atoms with E-state index in [-0.39, 0.29) is 5.92 Å². The molecule has 0 bridgehead atoms. The van der Waals surface area contributed by atoms with E-state index < -0.39 is 0 Å². The van der Waals surface area contributed by atoms with Gasteiger partial charge in [-0.15, -0.1) is 0 Å². The van der Waals surface area contributed by atoms with Gasteiger partial charge < -0.3 is 13.4 Å². The van der Waals surface area contributed by atoms with E-state index >= 15 is 0 Å². The number of benzene rings is 9. The van der Waals surface area contributed by atoms with Gasteiger partial charge in [0.2, 0.25) is 0 Å². The molecule has 0 saturated heterocycles. The highest BCUT2D eigenvalue weighted by molar-refractivity contribution is 6.45. The van der Waals surface area contributed by atoms with Gasteiger partial charge in [0.05, 0.1) is 44.1 Å². The maximum absolute atomic E-state index is 2.58. The number of rotatable bonds is 2. The summed E-state index contributed by atoms with van der Waals surface area (Å²) in [5.41, 5.74) is 18.1. The highest BCUT2D eigenvalue weighted by atomic mass is 15.0. The van der Waals surface area contributed by atoms with E-state index in [4.69, 9.17) is 0 Å². The molecule has 14 aromatic rings. The van der Waals surface area contributed by atoms with Crippen LogP contribution in [-0.4, -0.2) is 13.4 Å². The van der Waals surface area contributed by atoms with Crippen LogP contribution in [0.4, 0.5) is 0 Å². The topological polar surface area (TPSA) is 13.8 Å². The van der Waals surface area contributed by atoms with Crippen LogP contribution in [-0.2, 0) is 0 Å². The van der Waals surface area contributed by atoms with E-state index in [1.54, 1.807) is 0 Å². The van der Waals surface area contributed by atoms with Gasteiger partial charge in [-0.05, 0) is 82.4 Å². The lowest BCUT2D eigenvalue weighted by molar-refractivity contribution is 1.02. The summed E-state index contributed by atoms with van der Waals surface area (Å²) in [5.74, 6) is 0.181. The lowest BCUT2D eigenvalue weighted by Crippen LogP contribution is -1.99. The monoisotopic (exact) mass is 733 g/mol. The standard InChI is InChI=1S/C55H31N3/c1-3-17-37-33(13-1)34-14-2-4-18-38(34)49(37)31-25-27-47-41(29-31)52-50-39-19-7-12-24-46(39)58-48-28-26-32(56-43-21-9-5-15-35(43)36-16-6-10-22-44(36)56)30-42(48)53(55(50)58)51-40-20-8-11-23-45(40)57(47)54(51)52/h1-30,49H. The Bertz CT molecular complexity index is 4000. The van der Waals surface area contributed by atoms with Crippen molar-refractivity contribution in [3.63, 3.8) is 0 Å². The molecule has 0 spiro atoms. The minimum Gasteiger partial charge on any atom is -0.309 e. The SMILES string of the molecule is c1ccc2c(c1)-c1ccccc1C2c1ccc2c(c1)c1c3c4ccccc4n4c5ccc(-n6c7ccccc7c7ccccc76)cc5c(c5c6ccccc6n2c51)c34. The van der Waals surface area contributed by atoms with E-state index in [0.717, 1.165) is 0 Å². The van der Waals surface area contributed by atoms with Gasteiger partial charge in [0, 0.05) is 65.5 Å². The first kappa shape index (κ1) is 29.6. The number of para-hydroxylation sites is 4. The van der Waals surface area contributed by atoms with Crippen molar-refractivity contribution in [2.75, 3.05) is 0 Å². The average Bonchev–Trinajstić information content (AvgIpc) is 4.11. The molecular weight excluding hydrogens is 703 g/mol. The van der Waals surface area contributed by atoms with Crippen molar-refractivity contribution in [3.8, 4) is 16.8 Å². The Morgan fingerprint density at radius 3 is 1.29 bits per heavy atom. The molecular formula is C55H31N3. The van der Waals surface area contributed by atoms with Gasteiger partial charge in [-0.25, -0.2) is 0 Å². The molecule has 0 amide bonds. The summed E-state index contributed by atoms with van der Waals surface area (Å²) in [6.45, 7) is 0. The van der Waals surface area contributed by atoms with Crippen molar-refractivity contribution in [1.29, 1.82) is 0 Å². The second-order valence-corrected chi connectivity index (χ2v) is 16.4. The predicted molar refractivity (Wildman–Crippen MR) is 243 cm³/mol. The van der Waals surface area contributed by atoms with Crippen molar-refractivity contribution in [3.05, 3.63) is 199 Å². The molecule has 0 unspecified atom stereocenters. The summed E-state index contributed by atoms with van der Waals surface area (Å²) in [4.78, 5) is 0. The predicted octanol–water partition coefficient (Wildman–Crippen LogP) is 14.2. The highest BCUT2D eigenvalue weighted by Gasteiger charge is 2.32. The van der Waals surface area contributed by atoms with E-state index in [1.807, 2.05) is 0 Å². The van der Waals surface area contributed by atoms with Crippen LogP contribution >= 0.6 is 0 Å². The van der Waals surface area contributed by atoms with Crippen LogP contribution in [0.3, 0.4) is 0 Å². The third-order valence-corrected chi connectivity index (χ3v) is 13.7. The van der Waals surface area contributed by atoms with Gasteiger partial charge in [0.1, 0.15) is 0 Å².